The molecule has 110 valence electrons. The van der Waals surface area contributed by atoms with E-state index in [1.54, 1.807) is 12.4 Å². The van der Waals surface area contributed by atoms with Gasteiger partial charge in [-0.15, -0.1) is 0 Å². The van der Waals surface area contributed by atoms with Crippen LogP contribution in [-0.2, 0) is 0 Å². The van der Waals surface area contributed by atoms with Crippen LogP contribution in [0.5, 0.6) is 0 Å². The van der Waals surface area contributed by atoms with Crippen molar-refractivity contribution in [1.29, 1.82) is 0 Å². The second-order valence-electron chi connectivity index (χ2n) is 5.38. The van der Waals surface area contributed by atoms with Gasteiger partial charge in [0.1, 0.15) is 0 Å². The fourth-order valence-corrected chi connectivity index (χ4v) is 2.72. The number of nitrogens with two attached hydrogens (primary N) is 1. The fourth-order valence-electron chi connectivity index (χ4n) is 2.72. The van der Waals surface area contributed by atoms with Crippen molar-refractivity contribution >= 4 is 5.91 Å². The number of carbonyl (C=O) groups is 1. The standard InChI is InChI=1S/C15H24N4O/c1-3-14(9-16)18-4-6-19(7-5-18)15(20)13-8-12(2)10-17-11-13/h8,10-11,14H,3-7,9,16H2,1-2H3. The molecule has 2 rings (SSSR count). The summed E-state index contributed by atoms with van der Waals surface area (Å²) in [7, 11) is 0. The molecule has 1 atom stereocenters. The summed E-state index contributed by atoms with van der Waals surface area (Å²) in [6.45, 7) is 8.14. The minimum Gasteiger partial charge on any atom is -0.336 e. The molecular weight excluding hydrogens is 252 g/mol. The van der Waals surface area contributed by atoms with Gasteiger partial charge in [0.15, 0.2) is 0 Å². The number of nitrogens with zero attached hydrogens (tertiary/aromatic N) is 3. The molecule has 2 heterocycles. The van der Waals surface area contributed by atoms with E-state index >= 15 is 0 Å². The maximum Gasteiger partial charge on any atom is 0.255 e. The Morgan fingerprint density at radius 2 is 2.05 bits per heavy atom. The van der Waals surface area contributed by atoms with Crippen molar-refractivity contribution in [2.45, 2.75) is 26.3 Å². The smallest absolute Gasteiger partial charge is 0.255 e. The van der Waals surface area contributed by atoms with Crippen molar-refractivity contribution in [2.75, 3.05) is 32.7 Å². The second-order valence-corrected chi connectivity index (χ2v) is 5.38. The van der Waals surface area contributed by atoms with Gasteiger partial charge in [0.2, 0.25) is 0 Å². The summed E-state index contributed by atoms with van der Waals surface area (Å²) in [5, 5.41) is 0. The first-order valence-corrected chi connectivity index (χ1v) is 7.30. The van der Waals surface area contributed by atoms with E-state index < -0.39 is 0 Å². The third-order valence-electron chi connectivity index (χ3n) is 3.98. The fraction of sp³-hybridized carbons (Fsp3) is 0.600. The van der Waals surface area contributed by atoms with Crippen LogP contribution >= 0.6 is 0 Å². The summed E-state index contributed by atoms with van der Waals surface area (Å²) in [5.74, 6) is 0.0849. The van der Waals surface area contributed by atoms with Gasteiger partial charge in [-0.1, -0.05) is 6.92 Å². The highest BCUT2D eigenvalue weighted by Crippen LogP contribution is 2.12. The van der Waals surface area contributed by atoms with Gasteiger partial charge >= 0.3 is 0 Å². The summed E-state index contributed by atoms with van der Waals surface area (Å²) in [6, 6.07) is 2.34. The molecule has 0 saturated carbocycles. The maximum absolute atomic E-state index is 12.4. The third kappa shape index (κ3) is 3.35. The molecule has 0 aromatic carbocycles. The predicted octanol–water partition coefficient (Wildman–Crippen LogP) is 0.885. The second kappa shape index (κ2) is 6.81. The van der Waals surface area contributed by atoms with Crippen LogP contribution in [0.4, 0.5) is 0 Å². The molecule has 20 heavy (non-hydrogen) atoms. The molecule has 2 N–H and O–H groups in total. The number of pyridine rings is 1. The minimum atomic E-state index is 0.0849. The normalized spacial score (nSPS) is 18.1. The monoisotopic (exact) mass is 276 g/mol. The van der Waals surface area contributed by atoms with Crippen molar-refractivity contribution in [3.8, 4) is 0 Å². The van der Waals surface area contributed by atoms with Crippen LogP contribution in [0.1, 0.15) is 29.3 Å². The zero-order chi connectivity index (χ0) is 14.5. The Morgan fingerprint density at radius 3 is 2.60 bits per heavy atom. The number of piperazine rings is 1. The average Bonchev–Trinajstić information content (AvgIpc) is 2.48. The largest absolute Gasteiger partial charge is 0.336 e. The summed E-state index contributed by atoms with van der Waals surface area (Å²) in [5.41, 5.74) is 7.49. The lowest BCUT2D eigenvalue weighted by atomic mass is 10.1. The van der Waals surface area contributed by atoms with E-state index in [2.05, 4.69) is 16.8 Å². The van der Waals surface area contributed by atoms with E-state index in [1.165, 1.54) is 0 Å². The van der Waals surface area contributed by atoms with Gasteiger partial charge in [0, 0.05) is 51.2 Å². The lowest BCUT2D eigenvalue weighted by Crippen LogP contribution is -2.53. The van der Waals surface area contributed by atoms with Crippen LogP contribution in [0.2, 0.25) is 0 Å². The Kier molecular flexibility index (Phi) is 5.09. The Hall–Kier alpha value is -1.46. The molecule has 1 aliphatic rings. The zero-order valence-corrected chi connectivity index (χ0v) is 12.4. The van der Waals surface area contributed by atoms with Crippen LogP contribution in [0.25, 0.3) is 0 Å². The van der Waals surface area contributed by atoms with Crippen LogP contribution in [0.3, 0.4) is 0 Å². The number of aromatic nitrogens is 1. The molecule has 1 saturated heterocycles. The summed E-state index contributed by atoms with van der Waals surface area (Å²) >= 11 is 0. The van der Waals surface area contributed by atoms with E-state index in [0.29, 0.717) is 18.2 Å². The number of hydrogen-bond acceptors (Lipinski definition) is 4. The number of hydrogen-bond donors (Lipinski definition) is 1. The van der Waals surface area contributed by atoms with Crippen molar-refractivity contribution in [2.24, 2.45) is 5.73 Å². The molecule has 1 unspecified atom stereocenters. The molecule has 1 amide bonds. The Labute approximate surface area is 120 Å². The molecule has 0 spiro atoms. The van der Waals surface area contributed by atoms with Gasteiger partial charge in [0.05, 0.1) is 5.56 Å². The van der Waals surface area contributed by atoms with Crippen LogP contribution < -0.4 is 5.73 Å². The Morgan fingerprint density at radius 1 is 1.35 bits per heavy atom. The van der Waals surface area contributed by atoms with Gasteiger partial charge in [0.25, 0.3) is 5.91 Å². The SMILES string of the molecule is CCC(CN)N1CCN(C(=O)c2cncc(C)c2)CC1. The molecule has 5 nitrogen and oxygen atoms in total. The first-order valence-electron chi connectivity index (χ1n) is 7.30. The van der Waals surface area contributed by atoms with E-state index in [-0.39, 0.29) is 5.91 Å². The van der Waals surface area contributed by atoms with E-state index in [1.807, 2.05) is 17.9 Å². The molecule has 1 fully saturated rings. The summed E-state index contributed by atoms with van der Waals surface area (Å²) in [6.07, 6.45) is 4.48. The van der Waals surface area contributed by atoms with E-state index in [9.17, 15) is 4.79 Å². The third-order valence-corrected chi connectivity index (χ3v) is 3.98. The van der Waals surface area contributed by atoms with Gasteiger partial charge in [-0.05, 0) is 25.0 Å². The van der Waals surface area contributed by atoms with Gasteiger partial charge in [-0.2, -0.15) is 0 Å². The van der Waals surface area contributed by atoms with Crippen molar-refractivity contribution in [1.82, 2.24) is 14.8 Å². The lowest BCUT2D eigenvalue weighted by molar-refractivity contribution is 0.0571. The Balaban J connectivity index is 1.95. The predicted molar refractivity (Wildman–Crippen MR) is 79.6 cm³/mol. The molecule has 0 aliphatic carbocycles. The average molecular weight is 276 g/mol. The van der Waals surface area contributed by atoms with Gasteiger partial charge in [-0.25, -0.2) is 0 Å². The van der Waals surface area contributed by atoms with Crippen LogP contribution in [-0.4, -0.2) is 59.5 Å². The zero-order valence-electron chi connectivity index (χ0n) is 12.4. The molecule has 1 aromatic heterocycles. The lowest BCUT2D eigenvalue weighted by Gasteiger charge is -2.38. The van der Waals surface area contributed by atoms with Crippen LogP contribution in [0.15, 0.2) is 18.5 Å². The van der Waals surface area contributed by atoms with Gasteiger partial charge < -0.3 is 10.6 Å². The van der Waals surface area contributed by atoms with E-state index in [0.717, 1.165) is 38.2 Å². The highest BCUT2D eigenvalue weighted by molar-refractivity contribution is 5.94. The quantitative estimate of drug-likeness (QED) is 0.887. The molecule has 0 bridgehead atoms. The number of amides is 1. The number of aryl methyl sites for hydroxylation is 1. The van der Waals surface area contributed by atoms with Crippen molar-refractivity contribution in [3.05, 3.63) is 29.6 Å². The topological polar surface area (TPSA) is 62.5 Å². The highest BCUT2D eigenvalue weighted by atomic mass is 16.2. The van der Waals surface area contributed by atoms with Gasteiger partial charge in [-0.3, -0.25) is 14.7 Å². The number of rotatable bonds is 4. The van der Waals surface area contributed by atoms with Crippen molar-refractivity contribution in [3.63, 3.8) is 0 Å². The highest BCUT2D eigenvalue weighted by Gasteiger charge is 2.25. The first-order chi connectivity index (χ1) is 9.65. The Bertz CT molecular complexity index is 451. The summed E-state index contributed by atoms with van der Waals surface area (Å²) < 4.78 is 0. The van der Waals surface area contributed by atoms with E-state index in [4.69, 9.17) is 5.73 Å². The maximum atomic E-state index is 12.4. The van der Waals surface area contributed by atoms with Crippen molar-refractivity contribution < 1.29 is 4.79 Å². The molecule has 1 aliphatic heterocycles. The molecule has 1 aromatic rings. The number of carbonyl (C=O) groups excluding carboxylic acids is 1. The molecular formula is C15H24N4O. The molecule has 0 radical (unpaired) electrons. The first kappa shape index (κ1) is 14.9. The minimum absolute atomic E-state index is 0.0849. The molecule has 5 heteroatoms. The summed E-state index contributed by atoms with van der Waals surface area (Å²) in [4.78, 5) is 20.8. The van der Waals surface area contributed by atoms with Crippen LogP contribution in [0, 0.1) is 6.92 Å².